The van der Waals surface area contributed by atoms with Gasteiger partial charge in [0, 0.05) is 31.1 Å². The quantitative estimate of drug-likeness (QED) is 0.730. The van der Waals surface area contributed by atoms with Gasteiger partial charge in [-0.3, -0.25) is 14.4 Å². The first-order valence-corrected chi connectivity index (χ1v) is 11.0. The van der Waals surface area contributed by atoms with Gasteiger partial charge in [0.05, 0.1) is 0 Å². The molecule has 4 fully saturated rings. The maximum absolute atomic E-state index is 13.3. The van der Waals surface area contributed by atoms with Crippen LogP contribution < -0.4 is 0 Å². The summed E-state index contributed by atoms with van der Waals surface area (Å²) in [5.41, 5.74) is -1.88. The predicted octanol–water partition coefficient (Wildman–Crippen LogP) is 3.46. The zero-order valence-corrected chi connectivity index (χ0v) is 17.6. The SMILES string of the molecule is CC(=O)O[C@@H]1CC[C@]2(C)C3CC[C@]4(C)C(C(C)=O)CCC4C3CC(=O)[C@@]2(O)C1. The van der Waals surface area contributed by atoms with E-state index in [0.29, 0.717) is 25.2 Å². The van der Waals surface area contributed by atoms with Crippen molar-refractivity contribution in [3.63, 3.8) is 0 Å². The molecular formula is C23H34O5. The van der Waals surface area contributed by atoms with Gasteiger partial charge in [-0.05, 0) is 68.6 Å². The van der Waals surface area contributed by atoms with Gasteiger partial charge in [-0.1, -0.05) is 13.8 Å². The van der Waals surface area contributed by atoms with Crippen LogP contribution in [-0.4, -0.2) is 34.3 Å². The summed E-state index contributed by atoms with van der Waals surface area (Å²) in [6.45, 7) is 7.45. The fraction of sp³-hybridized carbons (Fsp3) is 0.870. The zero-order chi connectivity index (χ0) is 20.5. The third-order valence-corrected chi connectivity index (χ3v) is 9.41. The Morgan fingerprint density at radius 1 is 1.04 bits per heavy atom. The molecule has 0 saturated heterocycles. The summed E-state index contributed by atoms with van der Waals surface area (Å²) in [4.78, 5) is 36.9. The van der Waals surface area contributed by atoms with Crippen molar-refractivity contribution >= 4 is 17.5 Å². The van der Waals surface area contributed by atoms with Gasteiger partial charge in [0.1, 0.15) is 17.5 Å². The Morgan fingerprint density at radius 3 is 2.39 bits per heavy atom. The van der Waals surface area contributed by atoms with Gasteiger partial charge in [-0.25, -0.2) is 0 Å². The highest BCUT2D eigenvalue weighted by atomic mass is 16.5. The first-order chi connectivity index (χ1) is 13.0. The third kappa shape index (κ3) is 2.57. The third-order valence-electron chi connectivity index (χ3n) is 9.41. The molecule has 28 heavy (non-hydrogen) atoms. The summed E-state index contributed by atoms with van der Waals surface area (Å²) in [6, 6.07) is 0. The summed E-state index contributed by atoms with van der Waals surface area (Å²) in [6.07, 6.45) is 5.56. The molecule has 1 N–H and O–H groups in total. The molecule has 4 aliphatic rings. The van der Waals surface area contributed by atoms with E-state index < -0.39 is 11.0 Å². The fourth-order valence-corrected chi connectivity index (χ4v) is 8.01. The molecule has 4 aliphatic carbocycles. The second kappa shape index (κ2) is 6.38. The number of hydrogen-bond donors (Lipinski definition) is 1. The van der Waals surface area contributed by atoms with Crippen LogP contribution in [-0.2, 0) is 19.1 Å². The first-order valence-electron chi connectivity index (χ1n) is 11.0. The molecule has 0 amide bonds. The van der Waals surface area contributed by atoms with Crippen molar-refractivity contribution in [2.45, 2.75) is 90.8 Å². The van der Waals surface area contributed by atoms with Crippen LogP contribution >= 0.6 is 0 Å². The number of Topliss-reactive ketones (excluding diaryl/α,β-unsaturated/α-hetero) is 2. The molecule has 0 aliphatic heterocycles. The number of rotatable bonds is 2. The molecule has 156 valence electrons. The van der Waals surface area contributed by atoms with Crippen molar-refractivity contribution in [3.05, 3.63) is 0 Å². The van der Waals surface area contributed by atoms with E-state index in [1.54, 1.807) is 6.92 Å². The minimum atomic E-state index is -1.40. The monoisotopic (exact) mass is 390 g/mol. The molecule has 8 atom stereocenters. The van der Waals surface area contributed by atoms with E-state index in [9.17, 15) is 19.5 Å². The van der Waals surface area contributed by atoms with Crippen molar-refractivity contribution in [2.24, 2.45) is 34.5 Å². The minimum Gasteiger partial charge on any atom is -0.462 e. The Bertz CT molecular complexity index is 716. The van der Waals surface area contributed by atoms with Gasteiger partial charge < -0.3 is 9.84 Å². The number of carbonyl (C=O) groups excluding carboxylic acids is 3. The van der Waals surface area contributed by atoms with E-state index in [1.807, 2.05) is 0 Å². The van der Waals surface area contributed by atoms with Crippen LogP contribution in [0.4, 0.5) is 0 Å². The van der Waals surface area contributed by atoms with Crippen LogP contribution in [0.15, 0.2) is 0 Å². The summed E-state index contributed by atoms with van der Waals surface area (Å²) < 4.78 is 5.37. The van der Waals surface area contributed by atoms with Gasteiger partial charge in [-0.2, -0.15) is 0 Å². The number of fused-ring (bicyclic) bond motifs is 5. The Labute approximate surface area is 167 Å². The standard InChI is InChI=1S/C23H34O5/c1-13(24)17-5-6-18-16-11-20(26)23(27)12-15(28-14(2)25)7-10-22(23,4)19(16)8-9-21(17,18)3/h15-19,27H,5-12H2,1-4H3/t15-,16?,17?,18?,19?,21-,22-,23+/m1/s1. The van der Waals surface area contributed by atoms with Crippen LogP contribution in [0, 0.1) is 34.5 Å². The van der Waals surface area contributed by atoms with Crippen LogP contribution in [0.3, 0.4) is 0 Å². The van der Waals surface area contributed by atoms with E-state index in [-0.39, 0.29) is 53.2 Å². The topological polar surface area (TPSA) is 80.7 Å². The molecule has 4 rings (SSSR count). The molecule has 0 heterocycles. The molecule has 4 unspecified atom stereocenters. The van der Waals surface area contributed by atoms with Gasteiger partial charge >= 0.3 is 5.97 Å². The normalized spacial score (nSPS) is 50.3. The maximum Gasteiger partial charge on any atom is 0.302 e. The largest absolute Gasteiger partial charge is 0.462 e. The van der Waals surface area contributed by atoms with Crippen LogP contribution in [0.2, 0.25) is 0 Å². The molecule has 0 aromatic carbocycles. The highest BCUT2D eigenvalue weighted by Gasteiger charge is 2.68. The number of esters is 1. The highest BCUT2D eigenvalue weighted by molar-refractivity contribution is 5.90. The fourth-order valence-electron chi connectivity index (χ4n) is 8.01. The molecule has 0 radical (unpaired) electrons. The molecule has 5 heteroatoms. The Kier molecular flexibility index (Phi) is 4.57. The molecule has 0 bridgehead atoms. The van der Waals surface area contributed by atoms with Crippen LogP contribution in [0.1, 0.15) is 79.1 Å². The second-order valence-electron chi connectivity index (χ2n) is 10.5. The molecule has 0 aromatic rings. The van der Waals surface area contributed by atoms with E-state index >= 15 is 0 Å². The summed E-state index contributed by atoms with van der Waals surface area (Å²) in [5.74, 6) is 0.897. The lowest BCUT2D eigenvalue weighted by Gasteiger charge is -2.62. The number of ether oxygens (including phenoxy) is 1. The first kappa shape index (κ1) is 20.1. The van der Waals surface area contributed by atoms with Crippen molar-refractivity contribution in [3.8, 4) is 0 Å². The van der Waals surface area contributed by atoms with Crippen molar-refractivity contribution < 1.29 is 24.2 Å². The van der Waals surface area contributed by atoms with Crippen molar-refractivity contribution in [1.29, 1.82) is 0 Å². The summed E-state index contributed by atoms with van der Waals surface area (Å²) >= 11 is 0. The van der Waals surface area contributed by atoms with Crippen molar-refractivity contribution in [1.82, 2.24) is 0 Å². The Morgan fingerprint density at radius 2 is 1.75 bits per heavy atom. The zero-order valence-electron chi connectivity index (χ0n) is 17.6. The van der Waals surface area contributed by atoms with Gasteiger partial charge in [0.2, 0.25) is 0 Å². The summed E-state index contributed by atoms with van der Waals surface area (Å²) in [5, 5.41) is 11.6. The van der Waals surface area contributed by atoms with E-state index in [4.69, 9.17) is 4.74 Å². The molecular weight excluding hydrogens is 356 g/mol. The number of hydrogen-bond acceptors (Lipinski definition) is 5. The van der Waals surface area contributed by atoms with Gasteiger partial charge in [0.25, 0.3) is 0 Å². The summed E-state index contributed by atoms with van der Waals surface area (Å²) in [7, 11) is 0. The van der Waals surface area contributed by atoms with Gasteiger partial charge in [0.15, 0.2) is 5.78 Å². The molecule has 5 nitrogen and oxygen atoms in total. The lowest BCUT2D eigenvalue weighted by atomic mass is 9.43. The number of ketones is 2. The molecule has 0 aromatic heterocycles. The van der Waals surface area contributed by atoms with Gasteiger partial charge in [-0.15, -0.1) is 0 Å². The van der Waals surface area contributed by atoms with E-state index in [1.165, 1.54) is 6.92 Å². The highest BCUT2D eigenvalue weighted by Crippen LogP contribution is 2.67. The molecule has 0 spiro atoms. The lowest BCUT2D eigenvalue weighted by Crippen LogP contribution is -2.67. The average Bonchev–Trinajstić information content (AvgIpc) is 2.95. The lowest BCUT2D eigenvalue weighted by molar-refractivity contribution is -0.216. The number of carbonyl (C=O) groups is 3. The smallest absolute Gasteiger partial charge is 0.302 e. The predicted molar refractivity (Wildman–Crippen MR) is 103 cm³/mol. The van der Waals surface area contributed by atoms with Crippen LogP contribution in [0.5, 0.6) is 0 Å². The minimum absolute atomic E-state index is 0.00591. The molecule has 4 saturated carbocycles. The van der Waals surface area contributed by atoms with E-state index in [0.717, 1.165) is 25.7 Å². The Balaban J connectivity index is 1.64. The van der Waals surface area contributed by atoms with Crippen molar-refractivity contribution in [2.75, 3.05) is 0 Å². The maximum atomic E-state index is 13.3. The Hall–Kier alpha value is -1.23. The van der Waals surface area contributed by atoms with E-state index in [2.05, 4.69) is 13.8 Å². The average molecular weight is 391 g/mol. The number of aliphatic hydroxyl groups is 1. The van der Waals surface area contributed by atoms with Crippen LogP contribution in [0.25, 0.3) is 0 Å². The second-order valence-corrected chi connectivity index (χ2v) is 10.5.